The zero-order chi connectivity index (χ0) is 27.5. The molecule has 1 heterocycles. The first-order chi connectivity index (χ1) is 19.1. The predicted octanol–water partition coefficient (Wildman–Crippen LogP) is 3.63. The lowest BCUT2D eigenvalue weighted by atomic mass is 10.0. The lowest BCUT2D eigenvalue weighted by Crippen LogP contribution is -2.50. The van der Waals surface area contributed by atoms with Gasteiger partial charge >= 0.3 is 6.09 Å². The average Bonchev–Trinajstić information content (AvgIpc) is 2.99. The Morgan fingerprint density at radius 1 is 0.821 bits per heavy atom. The van der Waals surface area contributed by atoms with Crippen LogP contribution < -0.4 is 21.4 Å². The lowest BCUT2D eigenvalue weighted by Gasteiger charge is -2.37. The van der Waals surface area contributed by atoms with E-state index in [2.05, 4.69) is 17.1 Å². The van der Waals surface area contributed by atoms with Gasteiger partial charge in [-0.25, -0.2) is 14.8 Å². The van der Waals surface area contributed by atoms with E-state index in [1.807, 2.05) is 59.6 Å². The molecule has 0 aliphatic carbocycles. The van der Waals surface area contributed by atoms with Crippen molar-refractivity contribution in [2.75, 3.05) is 44.3 Å². The maximum Gasteiger partial charge on any atom is 0.429 e. The number of nitrogens with two attached hydrogens (primary N) is 1. The van der Waals surface area contributed by atoms with Gasteiger partial charge in [0, 0.05) is 42.9 Å². The van der Waals surface area contributed by atoms with Gasteiger partial charge in [-0.1, -0.05) is 54.6 Å². The molecule has 0 atom stereocenters. The summed E-state index contributed by atoms with van der Waals surface area (Å²) < 4.78 is 5.64. The maximum atomic E-state index is 13.4. The number of para-hydroxylation sites is 1. The van der Waals surface area contributed by atoms with Gasteiger partial charge < -0.3 is 21.1 Å². The molecule has 0 unspecified atom stereocenters. The summed E-state index contributed by atoms with van der Waals surface area (Å²) in [7, 11) is 0. The van der Waals surface area contributed by atoms with Crippen LogP contribution in [0.15, 0.2) is 78.9 Å². The molecular weight excluding hydrogens is 494 g/mol. The summed E-state index contributed by atoms with van der Waals surface area (Å²) in [4.78, 5) is 38.3. The molecule has 203 valence electrons. The van der Waals surface area contributed by atoms with Crippen LogP contribution in [0.1, 0.15) is 33.6 Å². The molecule has 4 N–H and O–H groups in total. The van der Waals surface area contributed by atoms with Gasteiger partial charge in [-0.3, -0.25) is 9.59 Å². The van der Waals surface area contributed by atoms with Gasteiger partial charge in [0.05, 0.1) is 12.2 Å². The van der Waals surface area contributed by atoms with Crippen molar-refractivity contribution < 1.29 is 19.1 Å². The normalized spacial score (nSPS) is 13.4. The van der Waals surface area contributed by atoms with Crippen LogP contribution in [0.25, 0.3) is 11.1 Å². The van der Waals surface area contributed by atoms with Crippen LogP contribution in [0.2, 0.25) is 0 Å². The predicted molar refractivity (Wildman–Crippen MR) is 151 cm³/mol. The summed E-state index contributed by atoms with van der Waals surface area (Å²) in [5.74, 6) is -0.660. The van der Waals surface area contributed by atoms with E-state index < -0.39 is 6.09 Å². The van der Waals surface area contributed by atoms with Crippen LogP contribution >= 0.6 is 0 Å². The largest absolute Gasteiger partial charge is 0.446 e. The minimum atomic E-state index is -0.506. The molecule has 1 fully saturated rings. The number of piperidine rings is 1. The number of nitrogens with one attached hydrogen (secondary N) is 2. The highest BCUT2D eigenvalue weighted by Gasteiger charge is 2.28. The number of rotatable bonds is 10. The third kappa shape index (κ3) is 7.43. The van der Waals surface area contributed by atoms with Crippen molar-refractivity contribution in [1.82, 2.24) is 15.6 Å². The van der Waals surface area contributed by atoms with Crippen LogP contribution in [0.5, 0.6) is 0 Å². The number of hydrazine groups is 1. The lowest BCUT2D eigenvalue weighted by molar-refractivity contribution is 0.0927. The number of carbonyl (C=O) groups excluding carboxylic acids is 3. The minimum absolute atomic E-state index is 0.00871. The standard InChI is InChI=1S/C30H34N5O4/c31-16-17-32-28(36)24-12-9-13-25(22-24)29(37)33-18-21-39-30(38)35(34-19-7-2-8-20-34)27-15-6-5-14-26(27)23-10-3-1-4-11-23/h1-6,9-15,22H,7-8,16-21,31H2,(H,32,36)(H,33,37). The van der Waals surface area contributed by atoms with Crippen molar-refractivity contribution in [1.29, 1.82) is 0 Å². The Hall–Kier alpha value is -4.21. The molecule has 0 spiro atoms. The van der Waals surface area contributed by atoms with E-state index in [0.29, 0.717) is 37.3 Å². The summed E-state index contributed by atoms with van der Waals surface area (Å²) >= 11 is 0. The Bertz CT molecular complexity index is 1260. The Morgan fingerprint density at radius 3 is 2.15 bits per heavy atom. The molecule has 3 aromatic carbocycles. The van der Waals surface area contributed by atoms with E-state index in [0.717, 1.165) is 29.7 Å². The second kappa shape index (κ2) is 14.1. The number of carbonyl (C=O) groups is 3. The quantitative estimate of drug-likeness (QED) is 0.346. The molecule has 0 saturated carbocycles. The van der Waals surface area contributed by atoms with Gasteiger partial charge in [0.2, 0.25) is 0 Å². The molecule has 0 bridgehead atoms. The van der Waals surface area contributed by atoms with E-state index in [1.165, 1.54) is 6.07 Å². The summed E-state index contributed by atoms with van der Waals surface area (Å²) in [5.41, 5.74) is 8.80. The molecule has 1 aliphatic rings. The smallest absolute Gasteiger partial charge is 0.429 e. The summed E-state index contributed by atoms with van der Waals surface area (Å²) in [5, 5.41) is 9.05. The van der Waals surface area contributed by atoms with Crippen molar-refractivity contribution in [2.45, 2.75) is 12.8 Å². The molecule has 1 aliphatic heterocycles. The number of hydrogen-bond acceptors (Lipinski definition) is 6. The fourth-order valence-corrected chi connectivity index (χ4v) is 4.38. The van der Waals surface area contributed by atoms with E-state index in [4.69, 9.17) is 10.5 Å². The molecule has 9 nitrogen and oxygen atoms in total. The Morgan fingerprint density at radius 2 is 1.46 bits per heavy atom. The molecule has 1 radical (unpaired) electrons. The zero-order valence-electron chi connectivity index (χ0n) is 21.8. The molecule has 39 heavy (non-hydrogen) atoms. The van der Waals surface area contributed by atoms with Crippen molar-refractivity contribution in [2.24, 2.45) is 5.73 Å². The highest BCUT2D eigenvalue weighted by molar-refractivity contribution is 5.99. The summed E-state index contributed by atoms with van der Waals surface area (Å²) in [6.07, 6.45) is 3.45. The van der Waals surface area contributed by atoms with Crippen molar-refractivity contribution in [3.63, 3.8) is 0 Å². The van der Waals surface area contributed by atoms with Gasteiger partial charge in [0.25, 0.3) is 11.8 Å². The summed E-state index contributed by atoms with van der Waals surface area (Å²) in [6, 6.07) is 24.1. The van der Waals surface area contributed by atoms with E-state index in [1.54, 1.807) is 23.2 Å². The Kier molecular flexibility index (Phi) is 10.0. The molecule has 4 rings (SSSR count). The molecule has 1 saturated heterocycles. The second-order valence-corrected chi connectivity index (χ2v) is 9.01. The van der Waals surface area contributed by atoms with Gasteiger partial charge in [-0.2, -0.15) is 0 Å². The highest BCUT2D eigenvalue weighted by atomic mass is 16.6. The highest BCUT2D eigenvalue weighted by Crippen LogP contribution is 2.33. The van der Waals surface area contributed by atoms with Gasteiger partial charge in [0.15, 0.2) is 0 Å². The van der Waals surface area contributed by atoms with Crippen molar-refractivity contribution in [3.05, 3.63) is 96.4 Å². The third-order valence-electron chi connectivity index (χ3n) is 6.29. The van der Waals surface area contributed by atoms with Crippen LogP contribution in [0.4, 0.5) is 10.5 Å². The topological polar surface area (TPSA) is 117 Å². The molecule has 0 aromatic heterocycles. The third-order valence-corrected chi connectivity index (χ3v) is 6.29. The Balaban J connectivity index is 1.41. The van der Waals surface area contributed by atoms with Crippen molar-refractivity contribution in [3.8, 4) is 11.1 Å². The van der Waals surface area contributed by atoms with Crippen molar-refractivity contribution >= 4 is 23.6 Å². The number of nitrogens with zero attached hydrogens (tertiary/aromatic N) is 2. The van der Waals surface area contributed by atoms with E-state index >= 15 is 0 Å². The van der Waals surface area contributed by atoms with Crippen LogP contribution in [-0.4, -0.2) is 62.2 Å². The van der Waals surface area contributed by atoms with Gasteiger partial charge in [0.1, 0.15) is 6.61 Å². The SMILES string of the molecule is NCCNC(=O)c1cccc(C(=O)NCCOC(=O)N(c2ccccc2-c2ccccc2)N2CC[CH]CC2)c1. The first-order valence-electron chi connectivity index (χ1n) is 13.1. The second-order valence-electron chi connectivity index (χ2n) is 9.01. The summed E-state index contributed by atoms with van der Waals surface area (Å²) in [6.45, 7) is 2.19. The minimum Gasteiger partial charge on any atom is -0.446 e. The van der Waals surface area contributed by atoms with Gasteiger partial charge in [-0.15, -0.1) is 0 Å². The fourth-order valence-electron chi connectivity index (χ4n) is 4.38. The molecule has 9 heteroatoms. The van der Waals surface area contributed by atoms with Crippen LogP contribution in [0.3, 0.4) is 0 Å². The monoisotopic (exact) mass is 528 g/mol. The van der Waals surface area contributed by atoms with Crippen LogP contribution in [-0.2, 0) is 4.74 Å². The Labute approximate surface area is 228 Å². The zero-order valence-corrected chi connectivity index (χ0v) is 21.8. The number of amides is 3. The first kappa shape index (κ1) is 27.8. The number of benzene rings is 3. The average molecular weight is 529 g/mol. The fraction of sp³-hybridized carbons (Fsp3) is 0.267. The molecule has 3 aromatic rings. The number of ether oxygens (including phenoxy) is 1. The molecule has 3 amide bonds. The first-order valence-corrected chi connectivity index (χ1v) is 13.1. The van der Waals surface area contributed by atoms with E-state index in [-0.39, 0.29) is 25.0 Å². The number of anilines is 1. The number of hydrogen-bond donors (Lipinski definition) is 3. The van der Waals surface area contributed by atoms with E-state index in [9.17, 15) is 14.4 Å². The van der Waals surface area contributed by atoms with Gasteiger partial charge in [-0.05, 0) is 49.1 Å². The van der Waals surface area contributed by atoms with Crippen LogP contribution in [0, 0.1) is 6.42 Å². The molecular formula is C30H34N5O4. The maximum absolute atomic E-state index is 13.4.